The van der Waals surface area contributed by atoms with Gasteiger partial charge >= 0.3 is 5.97 Å². The van der Waals surface area contributed by atoms with Crippen molar-refractivity contribution in [2.45, 2.75) is 90.6 Å². The average molecular weight is 609 g/mol. The van der Waals surface area contributed by atoms with E-state index in [2.05, 4.69) is 37.7 Å². The van der Waals surface area contributed by atoms with E-state index in [-0.39, 0.29) is 46.6 Å². The molecule has 1 aromatic heterocycles. The minimum atomic E-state index is -0.688. The van der Waals surface area contributed by atoms with Crippen LogP contribution in [-0.4, -0.2) is 57.0 Å². The van der Waals surface area contributed by atoms with Crippen molar-refractivity contribution in [3.05, 3.63) is 48.7 Å². The number of rotatable bonds is 8. The number of nitrogens with one attached hydrogen (secondary N) is 2. The highest BCUT2D eigenvalue weighted by Gasteiger charge is 2.68. The molecule has 2 bridgehead atoms. The van der Waals surface area contributed by atoms with Crippen molar-refractivity contribution >= 4 is 40.3 Å². The summed E-state index contributed by atoms with van der Waals surface area (Å²) < 4.78 is 5.95. The number of ketones is 1. The van der Waals surface area contributed by atoms with Crippen molar-refractivity contribution < 1.29 is 24.2 Å². The molecule has 3 fully saturated rings. The van der Waals surface area contributed by atoms with Crippen LogP contribution in [0.25, 0.3) is 10.9 Å². The van der Waals surface area contributed by atoms with Gasteiger partial charge in [0.2, 0.25) is 0 Å². The summed E-state index contributed by atoms with van der Waals surface area (Å²) in [5.41, 5.74) is -0.0860. The highest BCUT2D eigenvalue weighted by molar-refractivity contribution is 8.01. The Morgan fingerprint density at radius 2 is 1.95 bits per heavy atom. The monoisotopic (exact) mass is 608 g/mol. The summed E-state index contributed by atoms with van der Waals surface area (Å²) in [5, 5.41) is 15.7. The van der Waals surface area contributed by atoms with E-state index in [1.54, 1.807) is 0 Å². The molecule has 7 nitrogen and oxygen atoms in total. The number of para-hydroxylation sites is 1. The van der Waals surface area contributed by atoms with Gasteiger partial charge in [0.1, 0.15) is 17.6 Å². The van der Waals surface area contributed by atoms with Crippen molar-refractivity contribution in [3.8, 4) is 0 Å². The van der Waals surface area contributed by atoms with Crippen LogP contribution in [0.4, 0.5) is 0 Å². The Morgan fingerprint density at radius 3 is 2.65 bits per heavy atom. The SMILES string of the molecule is C=C[C@]1(C)C[C@@H](OC(=O)CSC(C)(C)CNC(=O)c2cc3ccccc3[nH]2)[C@]2(C)[C@H](C)CC[C@]3(CCC(=O)[C@H]32)[C@@H](C)[C@@H]1O. The average Bonchev–Trinajstić information content (AvgIpc) is 3.57. The van der Waals surface area contributed by atoms with E-state index >= 15 is 0 Å². The number of thioether (sulfide) groups is 1. The number of hydrogen-bond acceptors (Lipinski definition) is 6. The van der Waals surface area contributed by atoms with E-state index in [4.69, 9.17) is 4.74 Å². The van der Waals surface area contributed by atoms with E-state index in [0.29, 0.717) is 25.1 Å². The molecule has 3 aliphatic rings. The highest BCUT2D eigenvalue weighted by Crippen LogP contribution is 2.68. The minimum absolute atomic E-state index is 0.0636. The molecule has 2 aromatic rings. The molecule has 1 heterocycles. The molecular weight excluding hydrogens is 560 g/mol. The summed E-state index contributed by atoms with van der Waals surface area (Å²) >= 11 is 1.44. The van der Waals surface area contributed by atoms with Gasteiger partial charge in [-0.15, -0.1) is 18.3 Å². The summed E-state index contributed by atoms with van der Waals surface area (Å²) in [4.78, 5) is 43.1. The molecule has 8 heteroatoms. The number of aliphatic hydroxyl groups is 1. The predicted molar refractivity (Wildman–Crippen MR) is 172 cm³/mol. The zero-order valence-corrected chi connectivity index (χ0v) is 27.3. The van der Waals surface area contributed by atoms with Crippen LogP contribution in [0.1, 0.15) is 84.1 Å². The molecule has 1 amide bonds. The quantitative estimate of drug-likeness (QED) is 0.239. The standard InChI is InChI=1S/C35H48N2O5S/c1-8-33(6)18-27(34(7)21(2)13-15-35(22(3)30(33)40)16-14-26(38)29(34)35)42-28(39)19-43-32(4,5)20-36-31(41)25-17-23-11-9-10-12-24(23)37-25/h8-12,17,21-22,27,29-30,37,40H,1,13-16,18-20H2,2-7H3,(H,36,41)/t21-,22+,27-,29+,30+,33-,34+,35+/m1/s1. The first-order valence-corrected chi connectivity index (χ1v) is 16.7. The zero-order chi connectivity index (χ0) is 31.4. The molecule has 0 radical (unpaired) electrons. The van der Waals surface area contributed by atoms with Crippen molar-refractivity contribution in [1.82, 2.24) is 10.3 Å². The molecule has 3 N–H and O–H groups in total. The fraction of sp³-hybridized carbons (Fsp3) is 0.629. The van der Waals surface area contributed by atoms with Crippen LogP contribution in [0.5, 0.6) is 0 Å². The largest absolute Gasteiger partial charge is 0.461 e. The number of aromatic amines is 1. The third kappa shape index (κ3) is 5.47. The van der Waals surface area contributed by atoms with Crippen LogP contribution in [0, 0.1) is 34.0 Å². The van der Waals surface area contributed by atoms with Gasteiger partial charge in [0.15, 0.2) is 0 Å². The van der Waals surface area contributed by atoms with Crippen molar-refractivity contribution in [3.63, 3.8) is 0 Å². The number of carbonyl (C=O) groups excluding carboxylic acids is 3. The number of hydrogen-bond donors (Lipinski definition) is 3. The molecule has 0 unspecified atom stereocenters. The molecule has 3 aliphatic carbocycles. The van der Waals surface area contributed by atoms with E-state index in [1.165, 1.54) is 11.8 Å². The molecular formula is C35H48N2O5S. The van der Waals surface area contributed by atoms with Crippen molar-refractivity contribution in [2.75, 3.05) is 12.3 Å². The van der Waals surface area contributed by atoms with Gasteiger partial charge in [-0.2, -0.15) is 0 Å². The van der Waals surface area contributed by atoms with Gasteiger partial charge in [-0.25, -0.2) is 0 Å². The molecule has 3 saturated carbocycles. The lowest BCUT2D eigenvalue weighted by atomic mass is 9.44. The fourth-order valence-corrected chi connectivity index (χ4v) is 9.33. The third-order valence-corrected chi connectivity index (χ3v) is 12.9. The maximum atomic E-state index is 13.6. The number of H-pyrrole nitrogens is 1. The van der Waals surface area contributed by atoms with Crippen LogP contribution in [0.2, 0.25) is 0 Å². The Morgan fingerprint density at radius 1 is 1.23 bits per heavy atom. The molecule has 0 aliphatic heterocycles. The lowest BCUT2D eigenvalue weighted by Gasteiger charge is -2.61. The van der Waals surface area contributed by atoms with Gasteiger partial charge in [-0.3, -0.25) is 14.4 Å². The van der Waals surface area contributed by atoms with E-state index in [1.807, 2.05) is 57.2 Å². The summed E-state index contributed by atoms with van der Waals surface area (Å²) in [6, 6.07) is 9.59. The summed E-state index contributed by atoms with van der Waals surface area (Å²) in [5.74, 6) is -0.291. The maximum absolute atomic E-state index is 13.6. The number of Topliss-reactive ketones (excluding diaryl/α,β-unsaturated/α-hetero) is 1. The van der Waals surface area contributed by atoms with Crippen LogP contribution in [0.3, 0.4) is 0 Å². The molecule has 0 spiro atoms. The minimum Gasteiger partial charge on any atom is -0.461 e. The second kappa shape index (κ2) is 11.4. The second-order valence-corrected chi connectivity index (χ2v) is 16.2. The fourth-order valence-electron chi connectivity index (χ4n) is 8.58. The number of aromatic nitrogens is 1. The Labute approximate surface area is 260 Å². The zero-order valence-electron chi connectivity index (χ0n) is 26.5. The first kappa shape index (κ1) is 31.8. The number of ether oxygens (including phenoxy) is 1. The van der Waals surface area contributed by atoms with Crippen LogP contribution in [0.15, 0.2) is 43.0 Å². The Bertz CT molecular complexity index is 1380. The first-order chi connectivity index (χ1) is 20.2. The van der Waals surface area contributed by atoms with Gasteiger partial charge in [-0.05, 0) is 68.9 Å². The number of carbonyl (C=O) groups is 3. The number of amides is 1. The highest BCUT2D eigenvalue weighted by atomic mass is 32.2. The summed E-state index contributed by atoms with van der Waals surface area (Å²) in [7, 11) is 0. The predicted octanol–water partition coefficient (Wildman–Crippen LogP) is 6.32. The van der Waals surface area contributed by atoms with Crippen LogP contribution < -0.4 is 5.32 Å². The lowest BCUT2D eigenvalue weighted by Crippen LogP contribution is -2.63. The molecule has 0 saturated heterocycles. The maximum Gasteiger partial charge on any atom is 0.316 e. The van der Waals surface area contributed by atoms with Gasteiger partial charge in [-0.1, -0.05) is 52.0 Å². The number of benzene rings is 1. The molecule has 1 aromatic carbocycles. The van der Waals surface area contributed by atoms with Crippen molar-refractivity contribution in [1.29, 1.82) is 0 Å². The third-order valence-electron chi connectivity index (χ3n) is 11.6. The van der Waals surface area contributed by atoms with Crippen LogP contribution in [-0.2, 0) is 14.3 Å². The molecule has 8 atom stereocenters. The topological polar surface area (TPSA) is 108 Å². The van der Waals surface area contributed by atoms with Crippen molar-refractivity contribution in [2.24, 2.45) is 34.0 Å². The van der Waals surface area contributed by atoms with Gasteiger partial charge in [0, 0.05) is 45.4 Å². The Kier molecular flexibility index (Phi) is 8.44. The Balaban J connectivity index is 1.29. The lowest BCUT2D eigenvalue weighted by molar-refractivity contribution is -0.205. The van der Waals surface area contributed by atoms with Gasteiger partial charge in [0.25, 0.3) is 5.91 Å². The summed E-state index contributed by atoms with van der Waals surface area (Å²) in [6.07, 6.45) is 4.16. The number of fused-ring (bicyclic) bond motifs is 1. The van der Waals surface area contributed by atoms with Gasteiger partial charge < -0.3 is 20.1 Å². The Hall–Kier alpha value is -2.58. The smallest absolute Gasteiger partial charge is 0.316 e. The normalized spacial score (nSPS) is 36.0. The summed E-state index contributed by atoms with van der Waals surface area (Å²) in [6.45, 7) is 16.9. The first-order valence-electron chi connectivity index (χ1n) is 15.7. The van der Waals surface area contributed by atoms with E-state index < -0.39 is 27.8 Å². The van der Waals surface area contributed by atoms with E-state index in [0.717, 1.165) is 30.2 Å². The second-order valence-electron chi connectivity index (χ2n) is 14.6. The van der Waals surface area contributed by atoms with Crippen LogP contribution >= 0.6 is 11.8 Å². The molecule has 234 valence electrons. The number of aliphatic hydroxyl groups excluding tert-OH is 1. The number of esters is 1. The molecule has 43 heavy (non-hydrogen) atoms. The molecule has 5 rings (SSSR count). The van der Waals surface area contributed by atoms with E-state index in [9.17, 15) is 19.5 Å². The van der Waals surface area contributed by atoms with Gasteiger partial charge in [0.05, 0.1) is 11.9 Å².